The number of nitrogens with zero attached hydrogens (tertiary/aromatic N) is 1. The average molecular weight is 1230 g/mol. The van der Waals surface area contributed by atoms with Crippen molar-refractivity contribution in [2.24, 2.45) is 0 Å². The van der Waals surface area contributed by atoms with E-state index in [0.29, 0.717) is 17.4 Å². The van der Waals surface area contributed by atoms with E-state index in [1.54, 1.807) is 0 Å². The molecule has 0 bridgehead atoms. The lowest BCUT2D eigenvalue weighted by molar-refractivity contribution is -0.870. The van der Waals surface area contributed by atoms with Crippen LogP contribution in [-0.4, -0.2) is 74.3 Å². The number of allylic oxidation sites excluding steroid dienone is 17. The van der Waals surface area contributed by atoms with Gasteiger partial charge in [-0.25, -0.2) is 4.57 Å². The molecule has 3 unspecified atom stereocenters. The second-order valence-corrected chi connectivity index (χ2v) is 26.9. The fourth-order valence-corrected chi connectivity index (χ4v) is 10.8. The molecule has 0 aliphatic rings. The van der Waals surface area contributed by atoms with Gasteiger partial charge in [0, 0.05) is 12.8 Å². The Labute approximate surface area is 538 Å². The van der Waals surface area contributed by atoms with E-state index in [9.17, 15) is 19.0 Å². The molecule has 0 saturated heterocycles. The zero-order valence-corrected chi connectivity index (χ0v) is 58.4. The van der Waals surface area contributed by atoms with Crippen LogP contribution in [0.3, 0.4) is 0 Å². The third kappa shape index (κ3) is 66.9. The third-order valence-electron chi connectivity index (χ3n) is 15.7. The molecule has 2 N–H and O–H groups in total. The minimum atomic E-state index is -4.46. The summed E-state index contributed by atoms with van der Waals surface area (Å²) in [5.74, 6) is -0.520. The van der Waals surface area contributed by atoms with Gasteiger partial charge in [-0.05, 0) is 122 Å². The minimum Gasteiger partial charge on any atom is -0.456 e. The average Bonchev–Trinajstić information content (AvgIpc) is 3.70. The van der Waals surface area contributed by atoms with Gasteiger partial charge in [0.15, 0.2) is 0 Å². The molecule has 502 valence electrons. The summed E-state index contributed by atoms with van der Waals surface area (Å²) in [5.41, 5.74) is 0. The number of likely N-dealkylation sites (N-methyl/N-ethyl adjacent to an activating group) is 1. The molecule has 9 nitrogen and oxygen atoms in total. The SMILES string of the molecule is CCCCC/C=C\C/C=C\C/C=C\C/C=C\CCCCCCCCCCCCCC(=O)NC(COP(=O)(O)OCC[N+](C)(C)C)C(/C=C\CCCCCCCCCCC)OC(=O)CCCCCCCCC/C=C\C/C=C\C/C=C\C/C=C\CCCCC. The summed E-state index contributed by atoms with van der Waals surface area (Å²) in [5, 5.41) is 3.07. The minimum absolute atomic E-state index is 0.0330. The Bertz CT molecular complexity index is 1860. The summed E-state index contributed by atoms with van der Waals surface area (Å²) in [6.45, 7) is 6.96. The van der Waals surface area contributed by atoms with Gasteiger partial charge in [0.05, 0.1) is 33.8 Å². The zero-order chi connectivity index (χ0) is 63.5. The number of hydrogen-bond donors (Lipinski definition) is 2. The molecular formula is C77H138N2O7P+. The van der Waals surface area contributed by atoms with Crippen LogP contribution in [0.25, 0.3) is 0 Å². The van der Waals surface area contributed by atoms with E-state index >= 15 is 0 Å². The molecule has 0 aromatic rings. The number of nitrogens with one attached hydrogen (secondary N) is 1. The van der Waals surface area contributed by atoms with Crippen LogP contribution in [-0.2, 0) is 27.9 Å². The Morgan fingerprint density at radius 1 is 0.402 bits per heavy atom. The van der Waals surface area contributed by atoms with E-state index in [-0.39, 0.29) is 31.5 Å². The van der Waals surface area contributed by atoms with E-state index in [1.165, 1.54) is 173 Å². The first kappa shape index (κ1) is 83.7. The largest absolute Gasteiger partial charge is 0.472 e. The second kappa shape index (κ2) is 65.6. The first-order chi connectivity index (χ1) is 42.4. The lowest BCUT2D eigenvalue weighted by atomic mass is 10.0. The number of hydrogen-bond acceptors (Lipinski definition) is 6. The maximum atomic E-state index is 13.6. The van der Waals surface area contributed by atoms with Crippen LogP contribution in [0.4, 0.5) is 0 Å². The van der Waals surface area contributed by atoms with Gasteiger partial charge in [0.1, 0.15) is 19.3 Å². The molecule has 0 aliphatic heterocycles. The van der Waals surface area contributed by atoms with Crippen molar-refractivity contribution in [1.82, 2.24) is 5.32 Å². The highest BCUT2D eigenvalue weighted by atomic mass is 31.2. The second-order valence-electron chi connectivity index (χ2n) is 25.4. The van der Waals surface area contributed by atoms with Crippen molar-refractivity contribution >= 4 is 19.7 Å². The van der Waals surface area contributed by atoms with Crippen molar-refractivity contribution in [1.29, 1.82) is 0 Å². The van der Waals surface area contributed by atoms with Gasteiger partial charge >= 0.3 is 13.8 Å². The Hall–Kier alpha value is -3.33. The number of esters is 1. The Balaban J connectivity index is 5.04. The first-order valence-corrected chi connectivity index (χ1v) is 37.7. The highest BCUT2D eigenvalue weighted by Crippen LogP contribution is 2.43. The molecule has 10 heteroatoms. The monoisotopic (exact) mass is 1230 g/mol. The van der Waals surface area contributed by atoms with Crippen molar-refractivity contribution in [3.8, 4) is 0 Å². The maximum absolute atomic E-state index is 13.6. The smallest absolute Gasteiger partial charge is 0.456 e. The summed E-state index contributed by atoms with van der Waals surface area (Å²) in [7, 11) is 1.48. The molecule has 0 aromatic heterocycles. The number of ether oxygens (including phenoxy) is 1. The zero-order valence-electron chi connectivity index (χ0n) is 57.5. The van der Waals surface area contributed by atoms with Crippen LogP contribution in [0.2, 0.25) is 0 Å². The summed E-state index contributed by atoms with van der Waals surface area (Å²) < 4.78 is 30.8. The molecule has 3 atom stereocenters. The van der Waals surface area contributed by atoms with Gasteiger partial charge in [0.2, 0.25) is 5.91 Å². The highest BCUT2D eigenvalue weighted by molar-refractivity contribution is 7.47. The van der Waals surface area contributed by atoms with E-state index in [0.717, 1.165) is 109 Å². The van der Waals surface area contributed by atoms with E-state index in [4.69, 9.17) is 13.8 Å². The van der Waals surface area contributed by atoms with Crippen molar-refractivity contribution in [3.05, 3.63) is 109 Å². The van der Waals surface area contributed by atoms with Crippen molar-refractivity contribution in [3.63, 3.8) is 0 Å². The van der Waals surface area contributed by atoms with Gasteiger partial charge in [-0.1, -0.05) is 291 Å². The molecule has 0 aliphatic carbocycles. The Kier molecular flexibility index (Phi) is 63.1. The van der Waals surface area contributed by atoms with Crippen LogP contribution in [0.5, 0.6) is 0 Å². The van der Waals surface area contributed by atoms with Crippen molar-refractivity contribution in [2.45, 2.75) is 328 Å². The highest BCUT2D eigenvalue weighted by Gasteiger charge is 2.30. The molecule has 1 amide bonds. The Morgan fingerprint density at radius 2 is 0.701 bits per heavy atom. The summed E-state index contributed by atoms with van der Waals surface area (Å²) in [6, 6.07) is -0.862. The molecule has 0 saturated carbocycles. The summed E-state index contributed by atoms with van der Waals surface area (Å²) in [6.07, 6.45) is 91.0. The number of unbranched alkanes of at least 4 members (excludes halogenated alkanes) is 33. The van der Waals surface area contributed by atoms with Crippen molar-refractivity contribution in [2.75, 3.05) is 40.9 Å². The number of carbonyl (C=O) groups is 2. The molecule has 0 aromatic carbocycles. The number of amides is 1. The third-order valence-corrected chi connectivity index (χ3v) is 16.7. The quantitative estimate of drug-likeness (QED) is 0.0205. The van der Waals surface area contributed by atoms with E-state index in [1.807, 2.05) is 33.3 Å². The van der Waals surface area contributed by atoms with Crippen LogP contribution in [0.15, 0.2) is 109 Å². The standard InChI is InChI=1S/C77H137N2O7P/c1-7-10-13-16-19-22-25-27-29-31-33-35-37-38-39-40-42-43-45-47-49-51-54-57-60-63-66-69-76(80)78-74(73-85-87(82,83)84-72-71-79(4,5)6)75(68-65-62-59-56-53-24-21-18-15-12-9-3)86-77(81)70-67-64-61-58-55-52-50-48-46-44-41-36-34-32-30-28-26-23-20-17-14-11-8-2/h19-20,22-23,27-30,33-36,38-39,44,46,65,68,74-75H,7-18,21,24-26,31-32,37,40-43,45,47-64,66-67,69-73H2,1-6H3,(H-,78,80,82,83)/p+1/b22-19-,23-20-,29-27-,30-28-,35-33-,36-34-,39-38-,46-44-,68-65-. The van der Waals surface area contributed by atoms with Crippen LogP contribution in [0.1, 0.15) is 316 Å². The lowest BCUT2D eigenvalue weighted by Gasteiger charge is -2.27. The molecular weight excluding hydrogens is 1100 g/mol. The van der Waals surface area contributed by atoms with Gasteiger partial charge in [0.25, 0.3) is 0 Å². The summed E-state index contributed by atoms with van der Waals surface area (Å²) >= 11 is 0. The van der Waals surface area contributed by atoms with Crippen LogP contribution < -0.4 is 5.32 Å². The number of quaternary nitrogens is 1. The van der Waals surface area contributed by atoms with Crippen molar-refractivity contribution < 1.29 is 37.3 Å². The van der Waals surface area contributed by atoms with E-state index < -0.39 is 20.0 Å². The van der Waals surface area contributed by atoms with E-state index in [2.05, 4.69) is 123 Å². The van der Waals surface area contributed by atoms with Crippen LogP contribution >= 0.6 is 7.82 Å². The molecule has 0 radical (unpaired) electrons. The maximum Gasteiger partial charge on any atom is 0.472 e. The van der Waals surface area contributed by atoms with Gasteiger partial charge < -0.3 is 19.4 Å². The molecule has 0 fully saturated rings. The number of carbonyl (C=O) groups excluding carboxylic acids is 2. The fraction of sp³-hybridized carbons (Fsp3) is 0.740. The number of rotatable bonds is 65. The predicted octanol–water partition coefficient (Wildman–Crippen LogP) is 23.2. The number of phosphoric acid groups is 1. The van der Waals surface area contributed by atoms with Gasteiger partial charge in [-0.15, -0.1) is 0 Å². The normalized spacial score (nSPS) is 14.1. The Morgan fingerprint density at radius 3 is 1.07 bits per heavy atom. The van der Waals surface area contributed by atoms with Crippen LogP contribution in [0, 0.1) is 0 Å². The molecule has 0 heterocycles. The summed E-state index contributed by atoms with van der Waals surface area (Å²) in [4.78, 5) is 37.9. The van der Waals surface area contributed by atoms with Gasteiger partial charge in [-0.2, -0.15) is 0 Å². The lowest BCUT2D eigenvalue weighted by Crippen LogP contribution is -2.47. The molecule has 0 rings (SSSR count). The topological polar surface area (TPSA) is 111 Å². The molecule has 87 heavy (non-hydrogen) atoms. The fourth-order valence-electron chi connectivity index (χ4n) is 10.1. The first-order valence-electron chi connectivity index (χ1n) is 36.2. The predicted molar refractivity (Wildman–Crippen MR) is 378 cm³/mol. The molecule has 0 spiro atoms. The number of phosphoric ester groups is 1. The van der Waals surface area contributed by atoms with Gasteiger partial charge in [-0.3, -0.25) is 18.6 Å².